The van der Waals surface area contributed by atoms with Crippen molar-refractivity contribution in [3.05, 3.63) is 23.0 Å². The predicted molar refractivity (Wildman–Crippen MR) is 76.5 cm³/mol. The standard InChI is InChI=1S/C15H24N2O3/c1-3-17(8-13-5-4-6-20-13)9-14-12(10-18)7-16-11(2)15(14)19/h7,13,18-19H,3-6,8-10H2,1-2H3/t13-/m0/s1. The molecular weight excluding hydrogens is 256 g/mol. The Hall–Kier alpha value is -1.17. The van der Waals surface area contributed by atoms with E-state index >= 15 is 0 Å². The fourth-order valence-corrected chi connectivity index (χ4v) is 2.60. The monoisotopic (exact) mass is 280 g/mol. The number of ether oxygens (including phenoxy) is 1. The molecule has 2 heterocycles. The number of aryl methyl sites for hydroxylation is 1. The molecule has 112 valence electrons. The third-order valence-electron chi connectivity index (χ3n) is 3.92. The number of pyridine rings is 1. The van der Waals surface area contributed by atoms with Crippen LogP contribution in [-0.2, 0) is 17.9 Å². The second-order valence-corrected chi connectivity index (χ2v) is 5.32. The first-order valence-electron chi connectivity index (χ1n) is 7.26. The van der Waals surface area contributed by atoms with Crippen molar-refractivity contribution in [2.45, 2.75) is 45.9 Å². The van der Waals surface area contributed by atoms with Crippen LogP contribution in [0.3, 0.4) is 0 Å². The zero-order valence-electron chi connectivity index (χ0n) is 12.3. The summed E-state index contributed by atoms with van der Waals surface area (Å²) in [6.45, 7) is 6.97. The lowest BCUT2D eigenvalue weighted by Gasteiger charge is -2.25. The smallest absolute Gasteiger partial charge is 0.141 e. The summed E-state index contributed by atoms with van der Waals surface area (Å²) in [6.07, 6.45) is 4.16. The third-order valence-corrected chi connectivity index (χ3v) is 3.92. The maximum absolute atomic E-state index is 10.2. The Morgan fingerprint density at radius 3 is 2.90 bits per heavy atom. The summed E-state index contributed by atoms with van der Waals surface area (Å²) in [5.74, 6) is 0.197. The van der Waals surface area contributed by atoms with E-state index in [-0.39, 0.29) is 18.5 Å². The van der Waals surface area contributed by atoms with Gasteiger partial charge in [-0.15, -0.1) is 0 Å². The summed E-state index contributed by atoms with van der Waals surface area (Å²) in [4.78, 5) is 6.33. The molecule has 1 fully saturated rings. The molecule has 0 radical (unpaired) electrons. The summed E-state index contributed by atoms with van der Waals surface area (Å²) in [5.41, 5.74) is 2.07. The molecule has 1 aromatic rings. The van der Waals surface area contributed by atoms with Gasteiger partial charge in [-0.3, -0.25) is 9.88 Å². The van der Waals surface area contributed by atoms with Crippen LogP contribution in [0, 0.1) is 6.92 Å². The van der Waals surface area contributed by atoms with Crippen molar-refractivity contribution in [1.82, 2.24) is 9.88 Å². The van der Waals surface area contributed by atoms with E-state index in [0.29, 0.717) is 17.8 Å². The first kappa shape index (κ1) is 15.2. The van der Waals surface area contributed by atoms with Crippen LogP contribution in [0.25, 0.3) is 0 Å². The first-order valence-corrected chi connectivity index (χ1v) is 7.26. The molecule has 0 bridgehead atoms. The van der Waals surface area contributed by atoms with Crippen LogP contribution in [0.2, 0.25) is 0 Å². The van der Waals surface area contributed by atoms with Gasteiger partial charge in [-0.1, -0.05) is 6.92 Å². The van der Waals surface area contributed by atoms with Crippen LogP contribution in [0.4, 0.5) is 0 Å². The molecule has 2 rings (SSSR count). The maximum atomic E-state index is 10.2. The second-order valence-electron chi connectivity index (χ2n) is 5.32. The van der Waals surface area contributed by atoms with E-state index in [1.807, 2.05) is 0 Å². The lowest BCUT2D eigenvalue weighted by molar-refractivity contribution is 0.0720. The van der Waals surface area contributed by atoms with Gasteiger partial charge in [0, 0.05) is 37.0 Å². The Morgan fingerprint density at radius 2 is 2.30 bits per heavy atom. The van der Waals surface area contributed by atoms with Crippen molar-refractivity contribution in [3.8, 4) is 5.75 Å². The zero-order valence-corrected chi connectivity index (χ0v) is 12.3. The van der Waals surface area contributed by atoms with Gasteiger partial charge in [0.25, 0.3) is 0 Å². The summed E-state index contributed by atoms with van der Waals surface area (Å²) in [5, 5.41) is 19.6. The van der Waals surface area contributed by atoms with Gasteiger partial charge in [0.05, 0.1) is 18.4 Å². The molecule has 1 aliphatic rings. The molecule has 0 unspecified atom stereocenters. The molecule has 0 aromatic carbocycles. The highest BCUT2D eigenvalue weighted by molar-refractivity contribution is 5.40. The van der Waals surface area contributed by atoms with Crippen LogP contribution >= 0.6 is 0 Å². The number of likely N-dealkylation sites (N-methyl/N-ethyl adjacent to an activating group) is 1. The van der Waals surface area contributed by atoms with Crippen molar-refractivity contribution in [3.63, 3.8) is 0 Å². The Kier molecular flexibility index (Phi) is 5.34. The van der Waals surface area contributed by atoms with Crippen LogP contribution in [0.15, 0.2) is 6.20 Å². The van der Waals surface area contributed by atoms with Gasteiger partial charge in [0.1, 0.15) is 5.75 Å². The van der Waals surface area contributed by atoms with Gasteiger partial charge in [-0.25, -0.2) is 0 Å². The highest BCUT2D eigenvalue weighted by Gasteiger charge is 2.20. The summed E-state index contributed by atoms with van der Waals surface area (Å²) in [7, 11) is 0. The van der Waals surface area contributed by atoms with Crippen molar-refractivity contribution in [1.29, 1.82) is 0 Å². The molecule has 1 atom stereocenters. The Morgan fingerprint density at radius 1 is 1.50 bits per heavy atom. The van der Waals surface area contributed by atoms with E-state index < -0.39 is 0 Å². The fourth-order valence-electron chi connectivity index (χ4n) is 2.60. The third kappa shape index (κ3) is 3.48. The topological polar surface area (TPSA) is 65.8 Å². The summed E-state index contributed by atoms with van der Waals surface area (Å²) in [6, 6.07) is 0. The van der Waals surface area contributed by atoms with Gasteiger partial charge in [0.2, 0.25) is 0 Å². The zero-order chi connectivity index (χ0) is 14.5. The van der Waals surface area contributed by atoms with Gasteiger partial charge in [-0.05, 0) is 26.3 Å². The molecule has 1 aromatic heterocycles. The minimum Gasteiger partial charge on any atom is -0.506 e. The molecule has 0 amide bonds. The Labute approximate surface area is 120 Å². The molecule has 5 nitrogen and oxygen atoms in total. The van der Waals surface area contributed by atoms with Gasteiger partial charge in [0.15, 0.2) is 0 Å². The molecule has 0 saturated carbocycles. The average molecular weight is 280 g/mol. The van der Waals surface area contributed by atoms with E-state index in [2.05, 4.69) is 16.8 Å². The normalized spacial score (nSPS) is 18.9. The number of aromatic hydroxyl groups is 1. The number of aromatic nitrogens is 1. The quantitative estimate of drug-likeness (QED) is 0.828. The van der Waals surface area contributed by atoms with Crippen LogP contribution in [0.1, 0.15) is 36.6 Å². The van der Waals surface area contributed by atoms with E-state index in [1.54, 1.807) is 13.1 Å². The Balaban J connectivity index is 2.11. The van der Waals surface area contributed by atoms with E-state index in [9.17, 15) is 10.2 Å². The van der Waals surface area contributed by atoms with E-state index in [4.69, 9.17) is 4.74 Å². The molecule has 0 spiro atoms. The molecule has 1 aliphatic heterocycles. The number of rotatable bonds is 6. The first-order chi connectivity index (χ1) is 9.65. The fraction of sp³-hybridized carbons (Fsp3) is 0.667. The highest BCUT2D eigenvalue weighted by atomic mass is 16.5. The van der Waals surface area contributed by atoms with Gasteiger partial charge in [-0.2, -0.15) is 0 Å². The summed E-state index contributed by atoms with van der Waals surface area (Å²) < 4.78 is 5.67. The molecule has 0 aliphatic carbocycles. The predicted octanol–water partition coefficient (Wildman–Crippen LogP) is 1.59. The second kappa shape index (κ2) is 7.02. The van der Waals surface area contributed by atoms with Crippen LogP contribution in [-0.4, -0.2) is 45.9 Å². The minimum absolute atomic E-state index is 0.104. The van der Waals surface area contributed by atoms with Crippen molar-refractivity contribution < 1.29 is 14.9 Å². The van der Waals surface area contributed by atoms with Gasteiger partial charge < -0.3 is 14.9 Å². The average Bonchev–Trinajstić information content (AvgIpc) is 2.96. The maximum Gasteiger partial charge on any atom is 0.141 e. The van der Waals surface area contributed by atoms with Crippen LogP contribution in [0.5, 0.6) is 5.75 Å². The van der Waals surface area contributed by atoms with E-state index in [1.165, 1.54) is 0 Å². The van der Waals surface area contributed by atoms with Crippen molar-refractivity contribution in [2.75, 3.05) is 19.7 Å². The number of nitrogens with zero attached hydrogens (tertiary/aromatic N) is 2. The number of hydrogen-bond acceptors (Lipinski definition) is 5. The largest absolute Gasteiger partial charge is 0.506 e. The molecule has 1 saturated heterocycles. The number of hydrogen-bond donors (Lipinski definition) is 2. The summed E-state index contributed by atoms with van der Waals surface area (Å²) >= 11 is 0. The van der Waals surface area contributed by atoms with Crippen molar-refractivity contribution in [2.24, 2.45) is 0 Å². The molecular formula is C15H24N2O3. The molecule has 2 N–H and O–H groups in total. The molecule has 20 heavy (non-hydrogen) atoms. The SMILES string of the molecule is CCN(Cc1c(CO)cnc(C)c1O)C[C@@H]1CCCO1. The number of aliphatic hydroxyl groups excluding tert-OH is 1. The van der Waals surface area contributed by atoms with Crippen LogP contribution < -0.4 is 0 Å². The van der Waals surface area contributed by atoms with Gasteiger partial charge >= 0.3 is 0 Å². The molecule has 5 heteroatoms. The Bertz CT molecular complexity index is 445. The van der Waals surface area contributed by atoms with Crippen molar-refractivity contribution >= 4 is 0 Å². The minimum atomic E-state index is -0.104. The lowest BCUT2D eigenvalue weighted by Crippen LogP contribution is -2.32. The lowest BCUT2D eigenvalue weighted by atomic mass is 10.1. The number of aliphatic hydroxyl groups is 1. The highest BCUT2D eigenvalue weighted by Crippen LogP contribution is 2.26. The van der Waals surface area contributed by atoms with E-state index in [0.717, 1.165) is 38.1 Å².